The van der Waals surface area contributed by atoms with Crippen LogP contribution >= 0.6 is 0 Å². The zero-order valence-corrected chi connectivity index (χ0v) is 14.8. The summed E-state index contributed by atoms with van der Waals surface area (Å²) in [5.74, 6) is 1.09. The van der Waals surface area contributed by atoms with Crippen LogP contribution < -0.4 is 10.6 Å². The number of carbonyl (C=O) groups excluding carboxylic acids is 1. The lowest BCUT2D eigenvalue weighted by Crippen LogP contribution is -2.44. The van der Waals surface area contributed by atoms with E-state index in [9.17, 15) is 9.90 Å². The molecule has 136 valence electrons. The Morgan fingerprint density at radius 2 is 2.21 bits per heavy atom. The first-order valence-corrected chi connectivity index (χ1v) is 9.06. The summed E-state index contributed by atoms with van der Waals surface area (Å²) in [6.07, 6.45) is 4.76. The van der Waals surface area contributed by atoms with Gasteiger partial charge in [-0.25, -0.2) is 4.79 Å². The van der Waals surface area contributed by atoms with Gasteiger partial charge in [-0.1, -0.05) is 6.92 Å². The average Bonchev–Trinajstić information content (AvgIpc) is 3.09. The van der Waals surface area contributed by atoms with E-state index in [1.807, 2.05) is 6.92 Å². The first-order valence-electron chi connectivity index (χ1n) is 9.06. The second-order valence-electron chi connectivity index (χ2n) is 6.81. The minimum Gasteiger partial charge on any atom is -0.467 e. The minimum atomic E-state index is -0.696. The van der Waals surface area contributed by atoms with Gasteiger partial charge in [-0.05, 0) is 63.9 Å². The Bertz CT molecular complexity index is 470. The lowest BCUT2D eigenvalue weighted by atomic mass is 9.97. The minimum absolute atomic E-state index is 0.128. The Morgan fingerprint density at radius 3 is 2.83 bits per heavy atom. The van der Waals surface area contributed by atoms with Crippen molar-refractivity contribution in [3.63, 3.8) is 0 Å². The molecule has 0 spiro atoms. The molecule has 24 heavy (non-hydrogen) atoms. The number of piperidine rings is 1. The first-order chi connectivity index (χ1) is 11.6. The fraction of sp³-hybridized carbons (Fsp3) is 0.722. The van der Waals surface area contributed by atoms with E-state index in [0.29, 0.717) is 18.1 Å². The number of nitrogens with zero attached hydrogens (tertiary/aromatic N) is 1. The van der Waals surface area contributed by atoms with Crippen molar-refractivity contribution in [2.75, 3.05) is 26.2 Å². The van der Waals surface area contributed by atoms with Crippen LogP contribution in [0.4, 0.5) is 4.79 Å². The van der Waals surface area contributed by atoms with Gasteiger partial charge in [0.25, 0.3) is 0 Å². The maximum Gasteiger partial charge on any atom is 0.315 e. The predicted molar refractivity (Wildman–Crippen MR) is 93.7 cm³/mol. The number of amides is 2. The van der Waals surface area contributed by atoms with E-state index in [4.69, 9.17) is 4.42 Å². The van der Waals surface area contributed by atoms with E-state index >= 15 is 0 Å². The number of hydrogen-bond acceptors (Lipinski definition) is 4. The molecule has 1 fully saturated rings. The van der Waals surface area contributed by atoms with E-state index in [-0.39, 0.29) is 12.1 Å². The van der Waals surface area contributed by atoms with Gasteiger partial charge in [-0.3, -0.25) is 0 Å². The maximum atomic E-state index is 12.0. The zero-order chi connectivity index (χ0) is 17.4. The third kappa shape index (κ3) is 6.17. The number of aliphatic hydroxyl groups excluding tert-OH is 1. The van der Waals surface area contributed by atoms with E-state index in [1.54, 1.807) is 12.1 Å². The van der Waals surface area contributed by atoms with Gasteiger partial charge in [-0.15, -0.1) is 0 Å². The lowest BCUT2D eigenvalue weighted by Gasteiger charge is -2.31. The van der Waals surface area contributed by atoms with Crippen molar-refractivity contribution in [2.45, 2.75) is 51.7 Å². The van der Waals surface area contributed by atoms with Crippen LogP contribution in [0.5, 0.6) is 0 Å². The van der Waals surface area contributed by atoms with Gasteiger partial charge >= 0.3 is 6.03 Å². The summed E-state index contributed by atoms with van der Waals surface area (Å²) < 4.78 is 5.17. The van der Waals surface area contributed by atoms with Crippen LogP contribution in [0.25, 0.3) is 0 Å². The summed E-state index contributed by atoms with van der Waals surface area (Å²) in [6.45, 7) is 8.26. The molecular formula is C18H31N3O3. The molecule has 6 heteroatoms. The maximum absolute atomic E-state index is 12.0. The fourth-order valence-electron chi connectivity index (χ4n) is 3.23. The predicted octanol–water partition coefficient (Wildman–Crippen LogP) is 2.51. The SMILES string of the molecule is CCCN1CCC(CNC(=O)NC(C)CC(O)c2ccco2)CC1. The first kappa shape index (κ1) is 18.8. The number of nitrogens with one attached hydrogen (secondary N) is 2. The number of furan rings is 1. The van der Waals surface area contributed by atoms with Gasteiger partial charge in [-0.2, -0.15) is 0 Å². The lowest BCUT2D eigenvalue weighted by molar-refractivity contribution is 0.129. The molecule has 3 N–H and O–H groups in total. The third-order valence-corrected chi connectivity index (χ3v) is 4.62. The third-order valence-electron chi connectivity index (χ3n) is 4.62. The Hall–Kier alpha value is -1.53. The summed E-state index contributed by atoms with van der Waals surface area (Å²) in [6, 6.07) is 3.19. The Kier molecular flexibility index (Phi) is 7.59. The van der Waals surface area contributed by atoms with Crippen LogP contribution in [0.1, 0.15) is 51.4 Å². The van der Waals surface area contributed by atoms with Gasteiger partial charge in [0, 0.05) is 19.0 Å². The molecule has 0 bridgehead atoms. The van der Waals surface area contributed by atoms with Gasteiger partial charge in [0.15, 0.2) is 0 Å². The summed E-state index contributed by atoms with van der Waals surface area (Å²) in [7, 11) is 0. The number of hydrogen-bond donors (Lipinski definition) is 3. The molecule has 2 rings (SSSR count). The second kappa shape index (κ2) is 9.69. The number of rotatable bonds is 8. The number of urea groups is 1. The molecule has 6 nitrogen and oxygen atoms in total. The van der Waals surface area contributed by atoms with Crippen molar-refractivity contribution < 1.29 is 14.3 Å². The molecule has 0 aliphatic carbocycles. The molecule has 0 saturated carbocycles. The van der Waals surface area contributed by atoms with E-state index in [1.165, 1.54) is 19.2 Å². The molecule has 0 aromatic carbocycles. The van der Waals surface area contributed by atoms with Crippen molar-refractivity contribution in [1.29, 1.82) is 0 Å². The summed E-state index contributed by atoms with van der Waals surface area (Å²) in [4.78, 5) is 14.5. The highest BCUT2D eigenvalue weighted by atomic mass is 16.4. The topological polar surface area (TPSA) is 77.7 Å². The van der Waals surface area contributed by atoms with Crippen molar-refractivity contribution in [3.05, 3.63) is 24.2 Å². The molecule has 2 heterocycles. The van der Waals surface area contributed by atoms with Crippen molar-refractivity contribution in [3.8, 4) is 0 Å². The second-order valence-corrected chi connectivity index (χ2v) is 6.81. The van der Waals surface area contributed by atoms with Crippen molar-refractivity contribution in [2.24, 2.45) is 5.92 Å². The number of likely N-dealkylation sites (tertiary alicyclic amines) is 1. The van der Waals surface area contributed by atoms with Gasteiger partial charge < -0.3 is 25.1 Å². The highest BCUT2D eigenvalue weighted by Crippen LogP contribution is 2.18. The van der Waals surface area contributed by atoms with Crippen LogP contribution in [-0.4, -0.2) is 48.3 Å². The van der Waals surface area contributed by atoms with E-state index < -0.39 is 6.10 Å². The molecule has 1 aliphatic heterocycles. The molecule has 1 aromatic rings. The molecular weight excluding hydrogens is 306 g/mol. The smallest absolute Gasteiger partial charge is 0.315 e. The summed E-state index contributed by atoms with van der Waals surface area (Å²) in [5, 5.41) is 15.9. The Morgan fingerprint density at radius 1 is 1.46 bits per heavy atom. The molecule has 2 unspecified atom stereocenters. The number of aliphatic hydroxyl groups is 1. The van der Waals surface area contributed by atoms with Crippen LogP contribution in [0.15, 0.2) is 22.8 Å². The van der Waals surface area contributed by atoms with Crippen LogP contribution in [0.2, 0.25) is 0 Å². The quantitative estimate of drug-likeness (QED) is 0.681. The zero-order valence-electron chi connectivity index (χ0n) is 14.8. The Balaban J connectivity index is 1.61. The van der Waals surface area contributed by atoms with E-state index in [2.05, 4.69) is 22.5 Å². The van der Waals surface area contributed by atoms with Crippen LogP contribution in [0, 0.1) is 5.92 Å². The Labute approximate surface area is 144 Å². The number of carbonyl (C=O) groups is 1. The van der Waals surface area contributed by atoms with Gasteiger partial charge in [0.05, 0.1) is 6.26 Å². The molecule has 2 atom stereocenters. The highest BCUT2D eigenvalue weighted by Gasteiger charge is 2.20. The van der Waals surface area contributed by atoms with Crippen LogP contribution in [-0.2, 0) is 0 Å². The average molecular weight is 337 g/mol. The largest absolute Gasteiger partial charge is 0.467 e. The van der Waals surface area contributed by atoms with Gasteiger partial charge in [0.1, 0.15) is 11.9 Å². The molecule has 1 saturated heterocycles. The van der Waals surface area contributed by atoms with Crippen molar-refractivity contribution in [1.82, 2.24) is 15.5 Å². The molecule has 1 aromatic heterocycles. The highest BCUT2D eigenvalue weighted by molar-refractivity contribution is 5.74. The normalized spacial score (nSPS) is 19.0. The van der Waals surface area contributed by atoms with Crippen LogP contribution in [0.3, 0.4) is 0 Å². The monoisotopic (exact) mass is 337 g/mol. The summed E-state index contributed by atoms with van der Waals surface area (Å²) >= 11 is 0. The molecule has 0 radical (unpaired) electrons. The van der Waals surface area contributed by atoms with Crippen molar-refractivity contribution >= 4 is 6.03 Å². The fourth-order valence-corrected chi connectivity index (χ4v) is 3.23. The molecule has 1 aliphatic rings. The van der Waals surface area contributed by atoms with E-state index in [0.717, 1.165) is 32.5 Å². The van der Waals surface area contributed by atoms with Gasteiger partial charge in [0.2, 0.25) is 0 Å². The summed E-state index contributed by atoms with van der Waals surface area (Å²) in [5.41, 5.74) is 0. The standard InChI is InChI=1S/C18H31N3O3/c1-3-8-21-9-6-15(7-10-21)13-19-18(23)20-14(2)12-16(22)17-5-4-11-24-17/h4-5,11,14-16,22H,3,6-10,12-13H2,1-2H3,(H2,19,20,23). The molecule has 2 amide bonds.